The largest absolute Gasteiger partial charge is 0.496 e. The van der Waals surface area contributed by atoms with Gasteiger partial charge in [0.05, 0.1) is 13.7 Å². The highest BCUT2D eigenvalue weighted by molar-refractivity contribution is 5.61. The molecule has 4 nitrogen and oxygen atoms in total. The lowest BCUT2D eigenvalue weighted by Gasteiger charge is -2.35. The molecule has 0 saturated heterocycles. The quantitative estimate of drug-likeness (QED) is 0.768. The molecule has 114 valence electrons. The normalized spacial score (nSPS) is 12.6. The van der Waals surface area contributed by atoms with Crippen LogP contribution in [0.4, 0.5) is 5.69 Å². The van der Waals surface area contributed by atoms with E-state index >= 15 is 0 Å². The van der Waals surface area contributed by atoms with Gasteiger partial charge in [-0.25, -0.2) is 0 Å². The second-order valence-corrected chi connectivity index (χ2v) is 5.07. The summed E-state index contributed by atoms with van der Waals surface area (Å²) in [5, 5.41) is 9.39. The second-order valence-electron chi connectivity index (χ2n) is 5.07. The van der Waals surface area contributed by atoms with Gasteiger partial charge in [0, 0.05) is 29.9 Å². The summed E-state index contributed by atoms with van der Waals surface area (Å²) in [6.45, 7) is 7.05. The summed E-state index contributed by atoms with van der Waals surface area (Å²) >= 11 is 0. The summed E-state index contributed by atoms with van der Waals surface area (Å²) in [6.07, 6.45) is 2.07. The molecule has 0 saturated carbocycles. The summed E-state index contributed by atoms with van der Waals surface area (Å²) in [6, 6.07) is 6.26. The molecule has 0 amide bonds. The topological polar surface area (TPSA) is 58.7 Å². The highest BCUT2D eigenvalue weighted by Gasteiger charge is 2.22. The van der Waals surface area contributed by atoms with Crippen LogP contribution in [-0.2, 0) is 0 Å². The fourth-order valence-corrected chi connectivity index (χ4v) is 2.76. The van der Waals surface area contributed by atoms with Crippen LogP contribution < -0.4 is 15.4 Å². The van der Waals surface area contributed by atoms with E-state index in [-0.39, 0.29) is 12.6 Å². The smallest absolute Gasteiger partial charge is 0.125 e. The van der Waals surface area contributed by atoms with E-state index < -0.39 is 0 Å². The molecule has 0 aliphatic heterocycles. The van der Waals surface area contributed by atoms with Gasteiger partial charge < -0.3 is 20.5 Å². The summed E-state index contributed by atoms with van der Waals surface area (Å²) in [4.78, 5) is 2.25. The van der Waals surface area contributed by atoms with Crippen LogP contribution in [0.1, 0.15) is 45.2 Å². The lowest BCUT2D eigenvalue weighted by Crippen LogP contribution is -2.38. The highest BCUT2D eigenvalue weighted by atomic mass is 16.5. The molecule has 0 aromatic heterocycles. The van der Waals surface area contributed by atoms with Gasteiger partial charge in [-0.3, -0.25) is 0 Å². The van der Waals surface area contributed by atoms with E-state index in [9.17, 15) is 5.11 Å². The van der Waals surface area contributed by atoms with Gasteiger partial charge in [0.25, 0.3) is 0 Å². The minimum Gasteiger partial charge on any atom is -0.496 e. The number of aliphatic hydroxyl groups excluding tert-OH is 1. The molecule has 0 radical (unpaired) electrons. The van der Waals surface area contributed by atoms with Crippen LogP contribution in [0.5, 0.6) is 5.75 Å². The Morgan fingerprint density at radius 1 is 1.30 bits per heavy atom. The molecule has 1 aromatic carbocycles. The van der Waals surface area contributed by atoms with Crippen LogP contribution in [0.2, 0.25) is 0 Å². The minimum absolute atomic E-state index is 0.114. The molecule has 1 rings (SSSR count). The number of nitrogens with two attached hydrogens (primary N) is 1. The summed E-state index contributed by atoms with van der Waals surface area (Å²) < 4.78 is 5.45. The maximum absolute atomic E-state index is 9.39. The number of ether oxygens (including phenoxy) is 1. The number of rotatable bonds is 8. The molecular weight excluding hydrogens is 252 g/mol. The van der Waals surface area contributed by atoms with Crippen molar-refractivity contribution in [3.63, 3.8) is 0 Å². The fourth-order valence-electron chi connectivity index (χ4n) is 2.76. The zero-order valence-corrected chi connectivity index (χ0v) is 13.1. The Bertz CT molecular complexity index is 403. The first-order valence-electron chi connectivity index (χ1n) is 7.40. The number of hydrogen-bond acceptors (Lipinski definition) is 4. The number of hydrogen-bond donors (Lipinski definition) is 2. The van der Waals surface area contributed by atoms with Crippen molar-refractivity contribution in [2.45, 2.75) is 45.7 Å². The molecule has 1 atom stereocenters. The summed E-state index contributed by atoms with van der Waals surface area (Å²) in [5.41, 5.74) is 8.22. The predicted octanol–water partition coefficient (Wildman–Crippen LogP) is 2.70. The molecule has 3 N–H and O–H groups in total. The van der Waals surface area contributed by atoms with Crippen LogP contribution in [-0.4, -0.2) is 31.4 Å². The molecule has 20 heavy (non-hydrogen) atoms. The molecule has 0 aliphatic carbocycles. The highest BCUT2D eigenvalue weighted by Crippen LogP contribution is 2.35. The van der Waals surface area contributed by atoms with E-state index in [2.05, 4.69) is 24.8 Å². The lowest BCUT2D eigenvalue weighted by molar-refractivity contribution is 0.295. The molecule has 0 spiro atoms. The van der Waals surface area contributed by atoms with Crippen molar-refractivity contribution in [1.82, 2.24) is 0 Å². The Kier molecular flexibility index (Phi) is 6.82. The fraction of sp³-hybridized carbons (Fsp3) is 0.625. The predicted molar refractivity (Wildman–Crippen MR) is 84.4 cm³/mol. The van der Waals surface area contributed by atoms with E-state index in [4.69, 9.17) is 10.5 Å². The zero-order valence-electron chi connectivity index (χ0n) is 13.1. The van der Waals surface area contributed by atoms with E-state index in [1.165, 1.54) is 0 Å². The van der Waals surface area contributed by atoms with Gasteiger partial charge in [-0.1, -0.05) is 19.9 Å². The number of nitrogens with zero attached hydrogens (tertiary/aromatic N) is 1. The van der Waals surface area contributed by atoms with Crippen LogP contribution in [0.15, 0.2) is 18.2 Å². The van der Waals surface area contributed by atoms with Crippen molar-refractivity contribution in [3.05, 3.63) is 23.8 Å². The van der Waals surface area contributed by atoms with Gasteiger partial charge in [0.1, 0.15) is 5.75 Å². The molecule has 0 bridgehead atoms. The standard InChI is InChI=1S/C16H28N2O2/c1-5-13(6-2)18(10-11-19)14-8-7-9-15(20-4)16(14)12(3)17/h7-9,12-13,19H,5-6,10-11,17H2,1-4H3. The van der Waals surface area contributed by atoms with Crippen LogP contribution >= 0.6 is 0 Å². The van der Waals surface area contributed by atoms with Crippen LogP contribution in [0.25, 0.3) is 0 Å². The Hall–Kier alpha value is -1.26. The van der Waals surface area contributed by atoms with Gasteiger partial charge in [0.15, 0.2) is 0 Å². The number of benzene rings is 1. The van der Waals surface area contributed by atoms with Crippen molar-refractivity contribution in [1.29, 1.82) is 0 Å². The SMILES string of the molecule is CCC(CC)N(CCO)c1cccc(OC)c1C(C)N. The number of aliphatic hydroxyl groups is 1. The monoisotopic (exact) mass is 280 g/mol. The molecule has 0 fully saturated rings. The number of anilines is 1. The second kappa shape index (κ2) is 8.12. The van der Waals surface area contributed by atoms with Crippen molar-refractivity contribution in [3.8, 4) is 5.75 Å². The average molecular weight is 280 g/mol. The van der Waals surface area contributed by atoms with Crippen molar-refractivity contribution >= 4 is 5.69 Å². The first-order chi connectivity index (χ1) is 9.60. The van der Waals surface area contributed by atoms with E-state index in [1.807, 2.05) is 19.1 Å². The maximum Gasteiger partial charge on any atom is 0.125 e. The molecule has 0 aliphatic rings. The van der Waals surface area contributed by atoms with Crippen molar-refractivity contribution < 1.29 is 9.84 Å². The van der Waals surface area contributed by atoms with E-state index in [0.717, 1.165) is 29.8 Å². The van der Waals surface area contributed by atoms with Crippen molar-refractivity contribution in [2.24, 2.45) is 5.73 Å². The molecule has 4 heteroatoms. The third kappa shape index (κ3) is 3.64. The average Bonchev–Trinajstić information content (AvgIpc) is 2.46. The van der Waals surface area contributed by atoms with E-state index in [1.54, 1.807) is 7.11 Å². The molecule has 1 unspecified atom stereocenters. The summed E-state index contributed by atoms with van der Waals surface area (Å²) in [7, 11) is 1.67. The third-order valence-corrected chi connectivity index (χ3v) is 3.75. The maximum atomic E-state index is 9.39. The Labute approximate surface area is 122 Å². The number of methoxy groups -OCH3 is 1. The van der Waals surface area contributed by atoms with Gasteiger partial charge in [-0.15, -0.1) is 0 Å². The van der Waals surface area contributed by atoms with E-state index in [0.29, 0.717) is 12.6 Å². The van der Waals surface area contributed by atoms with Crippen LogP contribution in [0.3, 0.4) is 0 Å². The van der Waals surface area contributed by atoms with Gasteiger partial charge >= 0.3 is 0 Å². The van der Waals surface area contributed by atoms with Gasteiger partial charge in [0.2, 0.25) is 0 Å². The van der Waals surface area contributed by atoms with Gasteiger partial charge in [-0.05, 0) is 31.9 Å². The first-order valence-corrected chi connectivity index (χ1v) is 7.40. The minimum atomic E-state index is -0.114. The summed E-state index contributed by atoms with van der Waals surface area (Å²) in [5.74, 6) is 0.811. The lowest BCUT2D eigenvalue weighted by atomic mass is 10.0. The van der Waals surface area contributed by atoms with Gasteiger partial charge in [-0.2, -0.15) is 0 Å². The first kappa shape index (κ1) is 16.8. The Balaban J connectivity index is 3.31. The third-order valence-electron chi connectivity index (χ3n) is 3.75. The molecular formula is C16H28N2O2. The Morgan fingerprint density at radius 3 is 2.40 bits per heavy atom. The zero-order chi connectivity index (χ0) is 15.1. The molecule has 1 aromatic rings. The van der Waals surface area contributed by atoms with Crippen molar-refractivity contribution in [2.75, 3.05) is 25.2 Å². The Morgan fingerprint density at radius 2 is 1.95 bits per heavy atom. The molecule has 0 heterocycles. The van der Waals surface area contributed by atoms with Crippen LogP contribution in [0, 0.1) is 0 Å².